The summed E-state index contributed by atoms with van der Waals surface area (Å²) in [6.45, 7) is 7.91. The molecule has 1 aromatic rings. The fraction of sp³-hybridized carbons (Fsp3) is 0.467. The van der Waals surface area contributed by atoms with Crippen molar-refractivity contribution >= 4 is 6.08 Å². The Morgan fingerprint density at radius 3 is 2.56 bits per heavy atom. The SMILES string of the molecule is CC.Cc1cccc(/C=C/CC[C@@H](C)O)c1. The van der Waals surface area contributed by atoms with Crippen molar-refractivity contribution in [1.29, 1.82) is 0 Å². The first kappa shape index (κ1) is 14.9. The summed E-state index contributed by atoms with van der Waals surface area (Å²) in [5.41, 5.74) is 2.51. The van der Waals surface area contributed by atoms with Gasteiger partial charge in [-0.05, 0) is 32.3 Å². The van der Waals surface area contributed by atoms with Crippen LogP contribution in [0, 0.1) is 6.92 Å². The minimum absolute atomic E-state index is 0.197. The number of benzene rings is 1. The molecule has 16 heavy (non-hydrogen) atoms. The number of hydrogen-bond donors (Lipinski definition) is 1. The van der Waals surface area contributed by atoms with Crippen molar-refractivity contribution in [3.63, 3.8) is 0 Å². The Morgan fingerprint density at radius 1 is 1.31 bits per heavy atom. The molecule has 0 aliphatic rings. The maximum absolute atomic E-state index is 9.06. The summed E-state index contributed by atoms with van der Waals surface area (Å²) in [5, 5.41) is 9.06. The van der Waals surface area contributed by atoms with Gasteiger partial charge in [0.25, 0.3) is 0 Å². The van der Waals surface area contributed by atoms with Crippen LogP contribution in [0.5, 0.6) is 0 Å². The summed E-state index contributed by atoms with van der Waals surface area (Å²) in [6.07, 6.45) is 5.79. The van der Waals surface area contributed by atoms with Gasteiger partial charge in [-0.15, -0.1) is 0 Å². The van der Waals surface area contributed by atoms with Gasteiger partial charge in [0, 0.05) is 0 Å². The van der Waals surface area contributed by atoms with Crippen LogP contribution in [0.2, 0.25) is 0 Å². The summed E-state index contributed by atoms with van der Waals surface area (Å²) >= 11 is 0. The lowest BCUT2D eigenvalue weighted by atomic mass is 10.1. The zero-order chi connectivity index (χ0) is 12.4. The van der Waals surface area contributed by atoms with Gasteiger partial charge in [0.1, 0.15) is 0 Å². The van der Waals surface area contributed by atoms with Gasteiger partial charge < -0.3 is 5.11 Å². The fourth-order valence-electron chi connectivity index (χ4n) is 1.33. The van der Waals surface area contributed by atoms with Crippen LogP contribution in [0.25, 0.3) is 6.08 Å². The Labute approximate surface area is 99.8 Å². The van der Waals surface area contributed by atoms with E-state index in [-0.39, 0.29) is 6.10 Å². The largest absolute Gasteiger partial charge is 0.393 e. The Balaban J connectivity index is 0.00000106. The second-order valence-corrected chi connectivity index (χ2v) is 3.74. The van der Waals surface area contributed by atoms with Crippen molar-refractivity contribution < 1.29 is 5.11 Å². The molecule has 0 aliphatic carbocycles. The van der Waals surface area contributed by atoms with Crippen LogP contribution in [0.15, 0.2) is 30.3 Å². The van der Waals surface area contributed by atoms with E-state index in [0.29, 0.717) is 0 Å². The summed E-state index contributed by atoms with van der Waals surface area (Å²) < 4.78 is 0. The number of aliphatic hydroxyl groups excluding tert-OH is 1. The average molecular weight is 220 g/mol. The first-order valence-corrected chi connectivity index (χ1v) is 6.10. The van der Waals surface area contributed by atoms with Crippen molar-refractivity contribution in [3.8, 4) is 0 Å². The molecule has 0 aliphatic heterocycles. The van der Waals surface area contributed by atoms with Crippen LogP contribution in [0.1, 0.15) is 44.7 Å². The minimum atomic E-state index is -0.197. The highest BCUT2D eigenvalue weighted by atomic mass is 16.3. The lowest BCUT2D eigenvalue weighted by Crippen LogP contribution is -1.96. The molecular formula is C15H24O. The molecule has 1 rings (SSSR count). The standard InChI is InChI=1S/C13H18O.C2H6/c1-11-6-5-9-13(10-11)8-4-3-7-12(2)14;1-2/h4-6,8-10,12,14H,3,7H2,1-2H3;1-2H3/b8-4+;/t12-;/m1./s1. The molecular weight excluding hydrogens is 196 g/mol. The van der Waals surface area contributed by atoms with Gasteiger partial charge in [0.15, 0.2) is 0 Å². The van der Waals surface area contributed by atoms with E-state index in [1.165, 1.54) is 11.1 Å². The first-order chi connectivity index (χ1) is 7.68. The van der Waals surface area contributed by atoms with Gasteiger partial charge in [0.2, 0.25) is 0 Å². The highest BCUT2D eigenvalue weighted by Gasteiger charge is 1.91. The molecule has 0 unspecified atom stereocenters. The van der Waals surface area contributed by atoms with Crippen molar-refractivity contribution in [1.82, 2.24) is 0 Å². The van der Waals surface area contributed by atoms with E-state index in [1.807, 2.05) is 20.8 Å². The molecule has 0 saturated heterocycles. The van der Waals surface area contributed by atoms with Crippen LogP contribution in [0.4, 0.5) is 0 Å². The smallest absolute Gasteiger partial charge is 0.0515 e. The van der Waals surface area contributed by atoms with E-state index in [0.717, 1.165) is 12.8 Å². The van der Waals surface area contributed by atoms with Crippen molar-refractivity contribution in [3.05, 3.63) is 41.5 Å². The van der Waals surface area contributed by atoms with Gasteiger partial charge in [-0.1, -0.05) is 55.8 Å². The van der Waals surface area contributed by atoms with Gasteiger partial charge >= 0.3 is 0 Å². The highest BCUT2D eigenvalue weighted by molar-refractivity contribution is 5.49. The Hall–Kier alpha value is -1.08. The van der Waals surface area contributed by atoms with Crippen LogP contribution < -0.4 is 0 Å². The molecule has 0 heterocycles. The molecule has 0 bridgehead atoms. The van der Waals surface area contributed by atoms with Gasteiger partial charge in [-0.25, -0.2) is 0 Å². The molecule has 0 spiro atoms. The quantitative estimate of drug-likeness (QED) is 0.806. The number of allylic oxidation sites excluding steroid dienone is 1. The van der Waals surface area contributed by atoms with Crippen molar-refractivity contribution in [2.75, 3.05) is 0 Å². The number of hydrogen-bond acceptors (Lipinski definition) is 1. The monoisotopic (exact) mass is 220 g/mol. The second kappa shape index (κ2) is 9.17. The molecule has 1 nitrogen and oxygen atoms in total. The zero-order valence-corrected chi connectivity index (χ0v) is 10.9. The fourth-order valence-corrected chi connectivity index (χ4v) is 1.33. The second-order valence-electron chi connectivity index (χ2n) is 3.74. The molecule has 0 saturated carbocycles. The predicted molar refractivity (Wildman–Crippen MR) is 72.5 cm³/mol. The summed E-state index contributed by atoms with van der Waals surface area (Å²) in [7, 11) is 0. The Kier molecular flexibility index (Phi) is 8.55. The Morgan fingerprint density at radius 2 is 2.00 bits per heavy atom. The van der Waals surface area contributed by atoms with Gasteiger partial charge in [-0.3, -0.25) is 0 Å². The minimum Gasteiger partial charge on any atom is -0.393 e. The number of aliphatic hydroxyl groups is 1. The molecule has 0 radical (unpaired) electrons. The summed E-state index contributed by atoms with van der Waals surface area (Å²) in [6, 6.07) is 8.39. The van der Waals surface area contributed by atoms with Crippen LogP contribution in [0.3, 0.4) is 0 Å². The van der Waals surface area contributed by atoms with Crippen molar-refractivity contribution in [2.24, 2.45) is 0 Å². The van der Waals surface area contributed by atoms with Crippen LogP contribution in [-0.4, -0.2) is 11.2 Å². The topological polar surface area (TPSA) is 20.2 Å². The van der Waals surface area contributed by atoms with E-state index >= 15 is 0 Å². The summed E-state index contributed by atoms with van der Waals surface area (Å²) in [5.74, 6) is 0. The van der Waals surface area contributed by atoms with Gasteiger partial charge in [0.05, 0.1) is 6.10 Å². The highest BCUT2D eigenvalue weighted by Crippen LogP contribution is 2.07. The molecule has 1 heteroatoms. The average Bonchev–Trinajstić information content (AvgIpc) is 2.27. The molecule has 0 aromatic heterocycles. The normalized spacial score (nSPS) is 12.1. The molecule has 90 valence electrons. The Bertz CT molecular complexity index is 300. The van der Waals surface area contributed by atoms with E-state index in [9.17, 15) is 0 Å². The lowest BCUT2D eigenvalue weighted by Gasteiger charge is -1.99. The van der Waals surface area contributed by atoms with E-state index in [1.54, 1.807) is 0 Å². The van der Waals surface area contributed by atoms with E-state index in [4.69, 9.17) is 5.11 Å². The van der Waals surface area contributed by atoms with Gasteiger partial charge in [-0.2, -0.15) is 0 Å². The third kappa shape index (κ3) is 7.24. The van der Waals surface area contributed by atoms with E-state index < -0.39 is 0 Å². The third-order valence-electron chi connectivity index (χ3n) is 2.10. The maximum Gasteiger partial charge on any atom is 0.0515 e. The van der Waals surface area contributed by atoms with Crippen LogP contribution >= 0.6 is 0 Å². The summed E-state index contributed by atoms with van der Waals surface area (Å²) in [4.78, 5) is 0. The third-order valence-corrected chi connectivity index (χ3v) is 2.10. The molecule has 0 fully saturated rings. The number of rotatable bonds is 4. The molecule has 1 N–H and O–H groups in total. The molecule has 0 amide bonds. The predicted octanol–water partition coefficient (Wildman–Crippen LogP) is 4.20. The zero-order valence-electron chi connectivity index (χ0n) is 10.9. The lowest BCUT2D eigenvalue weighted by molar-refractivity contribution is 0.186. The van der Waals surface area contributed by atoms with E-state index in [2.05, 4.69) is 43.3 Å². The number of aryl methyl sites for hydroxylation is 1. The van der Waals surface area contributed by atoms with Crippen LogP contribution in [-0.2, 0) is 0 Å². The first-order valence-electron chi connectivity index (χ1n) is 6.10. The molecule has 1 aromatic carbocycles. The van der Waals surface area contributed by atoms with Crippen molar-refractivity contribution in [2.45, 2.75) is 46.6 Å². The molecule has 1 atom stereocenters. The maximum atomic E-state index is 9.06.